The van der Waals surface area contributed by atoms with E-state index in [0.29, 0.717) is 12.6 Å². The standard InChI is InChI=1S/C10H17N3O4/c1-7(14)11-12-9(15)6-13(8-2-3-8)5-4-10(16)17/h8H,2-6H2,1H3,(H,11,14)(H,12,15)(H,16,17). The number of nitrogens with zero attached hydrogens (tertiary/aromatic N) is 1. The highest BCUT2D eigenvalue weighted by Crippen LogP contribution is 2.26. The van der Waals surface area contributed by atoms with Crippen LogP contribution in [0.4, 0.5) is 0 Å². The summed E-state index contributed by atoms with van der Waals surface area (Å²) in [5.41, 5.74) is 4.45. The van der Waals surface area contributed by atoms with Crippen LogP contribution in [0.2, 0.25) is 0 Å². The van der Waals surface area contributed by atoms with Gasteiger partial charge in [-0.3, -0.25) is 30.1 Å². The van der Waals surface area contributed by atoms with Crippen LogP contribution >= 0.6 is 0 Å². The summed E-state index contributed by atoms with van der Waals surface area (Å²) in [7, 11) is 0. The van der Waals surface area contributed by atoms with Gasteiger partial charge in [-0.25, -0.2) is 0 Å². The predicted octanol–water partition coefficient (Wildman–Crippen LogP) is -0.907. The lowest BCUT2D eigenvalue weighted by atomic mass is 10.3. The third-order valence-corrected chi connectivity index (χ3v) is 2.40. The number of aliphatic carboxylic acids is 1. The van der Waals surface area contributed by atoms with E-state index >= 15 is 0 Å². The molecule has 0 saturated heterocycles. The lowest BCUT2D eigenvalue weighted by molar-refractivity contribution is -0.137. The lowest BCUT2D eigenvalue weighted by Crippen LogP contribution is -2.46. The van der Waals surface area contributed by atoms with Gasteiger partial charge in [0.25, 0.3) is 5.91 Å². The molecule has 1 saturated carbocycles. The molecule has 0 aliphatic heterocycles. The SMILES string of the molecule is CC(=O)NNC(=O)CN(CCC(=O)O)C1CC1. The quantitative estimate of drug-likeness (QED) is 0.525. The van der Waals surface area contributed by atoms with Gasteiger partial charge in [0.2, 0.25) is 5.91 Å². The molecule has 0 heterocycles. The van der Waals surface area contributed by atoms with Gasteiger partial charge in [0.05, 0.1) is 13.0 Å². The van der Waals surface area contributed by atoms with Gasteiger partial charge in [-0.15, -0.1) is 0 Å². The first-order valence-electron chi connectivity index (χ1n) is 5.50. The van der Waals surface area contributed by atoms with Gasteiger partial charge in [-0.05, 0) is 12.8 Å². The van der Waals surface area contributed by atoms with Gasteiger partial charge < -0.3 is 5.11 Å². The van der Waals surface area contributed by atoms with Crippen molar-refractivity contribution in [2.75, 3.05) is 13.1 Å². The molecule has 1 aliphatic carbocycles. The van der Waals surface area contributed by atoms with Crippen molar-refractivity contribution in [2.24, 2.45) is 0 Å². The Morgan fingerprint density at radius 3 is 2.41 bits per heavy atom. The van der Waals surface area contributed by atoms with Crippen LogP contribution in [0.3, 0.4) is 0 Å². The Hall–Kier alpha value is -1.63. The molecule has 1 rings (SSSR count). The highest BCUT2D eigenvalue weighted by Gasteiger charge is 2.30. The summed E-state index contributed by atoms with van der Waals surface area (Å²) in [5, 5.41) is 8.59. The van der Waals surface area contributed by atoms with Gasteiger partial charge in [0, 0.05) is 19.5 Å². The zero-order valence-corrected chi connectivity index (χ0v) is 9.73. The van der Waals surface area contributed by atoms with Gasteiger partial charge in [-0.1, -0.05) is 0 Å². The maximum Gasteiger partial charge on any atom is 0.304 e. The summed E-state index contributed by atoms with van der Waals surface area (Å²) in [5.74, 6) is -1.56. The number of hydrazine groups is 1. The molecule has 3 N–H and O–H groups in total. The molecule has 0 aromatic rings. The normalized spacial score (nSPS) is 14.5. The first-order chi connectivity index (χ1) is 7.99. The molecule has 0 radical (unpaired) electrons. The second kappa shape index (κ2) is 6.19. The van der Waals surface area contributed by atoms with Crippen molar-refractivity contribution in [3.63, 3.8) is 0 Å². The number of amides is 2. The molecule has 0 spiro atoms. The number of carboxylic acid groups (broad SMARTS) is 1. The third-order valence-electron chi connectivity index (χ3n) is 2.40. The van der Waals surface area contributed by atoms with Crippen molar-refractivity contribution in [3.05, 3.63) is 0 Å². The zero-order chi connectivity index (χ0) is 12.8. The fraction of sp³-hybridized carbons (Fsp3) is 0.700. The molecule has 17 heavy (non-hydrogen) atoms. The van der Waals surface area contributed by atoms with Crippen molar-refractivity contribution in [1.82, 2.24) is 15.8 Å². The lowest BCUT2D eigenvalue weighted by Gasteiger charge is -2.20. The Kier molecular flexibility index (Phi) is 4.89. The van der Waals surface area contributed by atoms with Gasteiger partial charge in [-0.2, -0.15) is 0 Å². The molecule has 0 unspecified atom stereocenters. The van der Waals surface area contributed by atoms with Crippen molar-refractivity contribution in [2.45, 2.75) is 32.2 Å². The molecule has 2 amide bonds. The van der Waals surface area contributed by atoms with Crippen LogP contribution in [-0.2, 0) is 14.4 Å². The average molecular weight is 243 g/mol. The van der Waals surface area contributed by atoms with E-state index in [2.05, 4.69) is 10.9 Å². The molecule has 1 aliphatic rings. The fourth-order valence-electron chi connectivity index (χ4n) is 1.45. The van der Waals surface area contributed by atoms with Crippen LogP contribution < -0.4 is 10.9 Å². The number of nitrogens with one attached hydrogen (secondary N) is 2. The van der Waals surface area contributed by atoms with Crippen molar-refractivity contribution >= 4 is 17.8 Å². The highest BCUT2D eigenvalue weighted by atomic mass is 16.4. The summed E-state index contributed by atoms with van der Waals surface area (Å²) in [6.07, 6.45) is 2.00. The zero-order valence-electron chi connectivity index (χ0n) is 9.73. The number of carboxylic acids is 1. The molecule has 0 atom stereocenters. The molecule has 96 valence electrons. The Morgan fingerprint density at radius 1 is 1.29 bits per heavy atom. The van der Waals surface area contributed by atoms with E-state index in [0.717, 1.165) is 12.8 Å². The molecule has 1 fully saturated rings. The van der Waals surface area contributed by atoms with Crippen molar-refractivity contribution < 1.29 is 19.5 Å². The second-order valence-corrected chi connectivity index (χ2v) is 4.07. The molecule has 0 bridgehead atoms. The molecule has 7 heteroatoms. The Morgan fingerprint density at radius 2 is 1.94 bits per heavy atom. The van der Waals surface area contributed by atoms with Crippen LogP contribution in [0.5, 0.6) is 0 Å². The Balaban J connectivity index is 2.30. The van der Waals surface area contributed by atoms with Crippen molar-refractivity contribution in [3.8, 4) is 0 Å². The van der Waals surface area contributed by atoms with Gasteiger partial charge in [0.1, 0.15) is 0 Å². The number of hydrogen-bond acceptors (Lipinski definition) is 4. The molecule has 7 nitrogen and oxygen atoms in total. The minimum atomic E-state index is -0.877. The summed E-state index contributed by atoms with van der Waals surface area (Å²) in [6.45, 7) is 1.76. The molecule has 0 aromatic carbocycles. The molecule has 0 aromatic heterocycles. The summed E-state index contributed by atoms with van der Waals surface area (Å²) < 4.78 is 0. The maximum atomic E-state index is 11.4. The van der Waals surface area contributed by atoms with E-state index in [1.54, 1.807) is 0 Å². The van der Waals surface area contributed by atoms with E-state index in [4.69, 9.17) is 5.11 Å². The number of rotatable bonds is 6. The minimum absolute atomic E-state index is 0.0178. The first kappa shape index (κ1) is 13.4. The van der Waals surface area contributed by atoms with Gasteiger partial charge in [0.15, 0.2) is 0 Å². The highest BCUT2D eigenvalue weighted by molar-refractivity contribution is 5.82. The largest absolute Gasteiger partial charge is 0.481 e. The van der Waals surface area contributed by atoms with E-state index in [1.165, 1.54) is 6.92 Å². The van der Waals surface area contributed by atoms with Crippen LogP contribution in [-0.4, -0.2) is 46.9 Å². The smallest absolute Gasteiger partial charge is 0.304 e. The number of carbonyl (C=O) groups excluding carboxylic acids is 2. The second-order valence-electron chi connectivity index (χ2n) is 4.07. The summed E-state index contributed by atoms with van der Waals surface area (Å²) in [4.78, 5) is 34.3. The average Bonchev–Trinajstić information content (AvgIpc) is 3.04. The van der Waals surface area contributed by atoms with E-state index in [-0.39, 0.29) is 24.8 Å². The van der Waals surface area contributed by atoms with Crippen LogP contribution in [0.25, 0.3) is 0 Å². The number of carbonyl (C=O) groups is 3. The molecular formula is C10H17N3O4. The topological polar surface area (TPSA) is 98.7 Å². The Labute approximate surface area is 99.1 Å². The third kappa shape index (κ3) is 5.86. The first-order valence-corrected chi connectivity index (χ1v) is 5.50. The van der Waals surface area contributed by atoms with Crippen LogP contribution in [0, 0.1) is 0 Å². The summed E-state index contributed by atoms with van der Waals surface area (Å²) >= 11 is 0. The van der Waals surface area contributed by atoms with Crippen LogP contribution in [0.15, 0.2) is 0 Å². The maximum absolute atomic E-state index is 11.4. The van der Waals surface area contributed by atoms with E-state index < -0.39 is 5.97 Å². The van der Waals surface area contributed by atoms with E-state index in [9.17, 15) is 14.4 Å². The predicted molar refractivity (Wildman–Crippen MR) is 58.8 cm³/mol. The van der Waals surface area contributed by atoms with Gasteiger partial charge >= 0.3 is 5.97 Å². The molecular weight excluding hydrogens is 226 g/mol. The van der Waals surface area contributed by atoms with Crippen LogP contribution in [0.1, 0.15) is 26.2 Å². The number of hydrogen-bond donors (Lipinski definition) is 3. The fourth-order valence-corrected chi connectivity index (χ4v) is 1.45. The minimum Gasteiger partial charge on any atom is -0.481 e. The monoisotopic (exact) mass is 243 g/mol. The van der Waals surface area contributed by atoms with Crippen molar-refractivity contribution in [1.29, 1.82) is 0 Å². The van der Waals surface area contributed by atoms with E-state index in [1.807, 2.05) is 4.90 Å². The Bertz CT molecular complexity index is 315. The summed E-state index contributed by atoms with van der Waals surface area (Å²) in [6, 6.07) is 0.303.